The van der Waals surface area contributed by atoms with Crippen LogP contribution >= 0.6 is 0 Å². The normalized spacial score (nSPS) is 10.4. The topological polar surface area (TPSA) is 35.0 Å². The van der Waals surface area contributed by atoms with Crippen LogP contribution in [0.15, 0.2) is 24.3 Å². The highest BCUT2D eigenvalue weighted by Gasteiger charge is 2.02. The summed E-state index contributed by atoms with van der Waals surface area (Å²) in [6, 6.07) is 8.33. The van der Waals surface area contributed by atoms with E-state index in [1.54, 1.807) is 0 Å². The highest BCUT2D eigenvalue weighted by molar-refractivity contribution is 5.28. The first-order valence-corrected chi connectivity index (χ1v) is 6.05. The molecule has 0 atom stereocenters. The molecule has 0 fully saturated rings. The largest absolute Gasteiger partial charge is 0.472 e. The number of benzene rings is 1. The van der Waals surface area contributed by atoms with Gasteiger partial charge in [0.15, 0.2) is 0 Å². The fraction of sp³-hybridized carbons (Fsp3) is 0.333. The SMILES string of the molecule is Cc1cc(C)cc(COc2cc(C)c(C)nn2)c1. The number of rotatable bonds is 3. The Hall–Kier alpha value is -1.90. The number of nitrogens with zero attached hydrogens (tertiary/aromatic N) is 2. The fourth-order valence-corrected chi connectivity index (χ4v) is 1.90. The van der Waals surface area contributed by atoms with Gasteiger partial charge in [-0.2, -0.15) is 5.10 Å². The van der Waals surface area contributed by atoms with Crippen LogP contribution < -0.4 is 4.74 Å². The van der Waals surface area contributed by atoms with E-state index in [1.807, 2.05) is 19.9 Å². The van der Waals surface area contributed by atoms with E-state index >= 15 is 0 Å². The molecule has 94 valence electrons. The first-order chi connectivity index (χ1) is 8.54. The Morgan fingerprint density at radius 2 is 1.56 bits per heavy atom. The van der Waals surface area contributed by atoms with Gasteiger partial charge >= 0.3 is 0 Å². The van der Waals surface area contributed by atoms with Gasteiger partial charge in [-0.15, -0.1) is 5.10 Å². The summed E-state index contributed by atoms with van der Waals surface area (Å²) < 4.78 is 5.66. The molecule has 0 saturated heterocycles. The first-order valence-electron chi connectivity index (χ1n) is 6.05. The van der Waals surface area contributed by atoms with E-state index in [0.717, 1.165) is 16.8 Å². The van der Waals surface area contributed by atoms with Crippen molar-refractivity contribution in [2.24, 2.45) is 0 Å². The summed E-state index contributed by atoms with van der Waals surface area (Å²) >= 11 is 0. The van der Waals surface area contributed by atoms with Crippen molar-refractivity contribution in [2.75, 3.05) is 0 Å². The third-order valence-electron chi connectivity index (χ3n) is 2.88. The van der Waals surface area contributed by atoms with E-state index in [2.05, 4.69) is 42.2 Å². The lowest BCUT2D eigenvalue weighted by Crippen LogP contribution is -2.01. The molecule has 0 aliphatic carbocycles. The standard InChI is InChI=1S/C15H18N2O/c1-10-5-11(2)7-14(6-10)9-18-15-8-12(3)13(4)16-17-15/h5-8H,9H2,1-4H3. The minimum atomic E-state index is 0.527. The van der Waals surface area contributed by atoms with E-state index in [1.165, 1.54) is 11.1 Å². The van der Waals surface area contributed by atoms with Gasteiger partial charge in [-0.05, 0) is 38.8 Å². The molecule has 3 nitrogen and oxygen atoms in total. The zero-order valence-corrected chi connectivity index (χ0v) is 11.3. The fourth-order valence-electron chi connectivity index (χ4n) is 1.90. The van der Waals surface area contributed by atoms with E-state index in [-0.39, 0.29) is 0 Å². The van der Waals surface area contributed by atoms with E-state index in [4.69, 9.17) is 4.74 Å². The lowest BCUT2D eigenvalue weighted by molar-refractivity contribution is 0.289. The average Bonchev–Trinajstić information content (AvgIpc) is 2.29. The average molecular weight is 242 g/mol. The highest BCUT2D eigenvalue weighted by Crippen LogP contribution is 2.14. The molecule has 1 heterocycles. The predicted octanol–water partition coefficient (Wildman–Crippen LogP) is 3.29. The van der Waals surface area contributed by atoms with Crippen molar-refractivity contribution in [3.63, 3.8) is 0 Å². The Morgan fingerprint density at radius 3 is 2.17 bits per heavy atom. The number of ether oxygens (including phenoxy) is 1. The molecule has 0 aliphatic rings. The Morgan fingerprint density at radius 1 is 0.889 bits per heavy atom. The molecule has 0 N–H and O–H groups in total. The van der Waals surface area contributed by atoms with Crippen molar-refractivity contribution >= 4 is 0 Å². The van der Waals surface area contributed by atoms with Crippen LogP contribution in [0.3, 0.4) is 0 Å². The van der Waals surface area contributed by atoms with Crippen molar-refractivity contribution in [3.8, 4) is 5.88 Å². The lowest BCUT2D eigenvalue weighted by atomic mass is 10.1. The molecule has 2 rings (SSSR count). The van der Waals surface area contributed by atoms with Crippen molar-refractivity contribution in [1.29, 1.82) is 0 Å². The monoisotopic (exact) mass is 242 g/mol. The summed E-state index contributed by atoms with van der Waals surface area (Å²) in [5.41, 5.74) is 5.70. The maximum absolute atomic E-state index is 5.66. The number of aryl methyl sites for hydroxylation is 4. The second-order valence-electron chi connectivity index (χ2n) is 4.74. The van der Waals surface area contributed by atoms with Crippen molar-refractivity contribution in [1.82, 2.24) is 10.2 Å². The lowest BCUT2D eigenvalue weighted by Gasteiger charge is -2.08. The van der Waals surface area contributed by atoms with Crippen molar-refractivity contribution in [3.05, 3.63) is 52.2 Å². The summed E-state index contributed by atoms with van der Waals surface area (Å²) in [7, 11) is 0. The third kappa shape index (κ3) is 3.06. The summed E-state index contributed by atoms with van der Waals surface area (Å²) in [5, 5.41) is 8.08. The molecule has 0 saturated carbocycles. The highest BCUT2D eigenvalue weighted by atomic mass is 16.5. The predicted molar refractivity (Wildman–Crippen MR) is 71.8 cm³/mol. The molecular formula is C15H18N2O. The summed E-state index contributed by atoms with van der Waals surface area (Å²) in [6.45, 7) is 8.65. The number of aromatic nitrogens is 2. The van der Waals surface area contributed by atoms with Gasteiger partial charge in [0.2, 0.25) is 5.88 Å². The zero-order chi connectivity index (χ0) is 13.1. The van der Waals surface area contributed by atoms with Gasteiger partial charge in [-0.3, -0.25) is 0 Å². The van der Waals surface area contributed by atoms with Crippen LogP contribution in [0, 0.1) is 27.7 Å². The molecule has 2 aromatic rings. The van der Waals surface area contributed by atoms with E-state index in [0.29, 0.717) is 12.5 Å². The molecule has 3 heteroatoms. The molecule has 18 heavy (non-hydrogen) atoms. The zero-order valence-electron chi connectivity index (χ0n) is 11.3. The van der Waals surface area contributed by atoms with Crippen LogP contribution in [0.5, 0.6) is 5.88 Å². The number of hydrogen-bond donors (Lipinski definition) is 0. The van der Waals surface area contributed by atoms with E-state index in [9.17, 15) is 0 Å². The molecule has 1 aromatic heterocycles. The molecule has 0 unspecified atom stereocenters. The third-order valence-corrected chi connectivity index (χ3v) is 2.88. The van der Waals surface area contributed by atoms with Crippen LogP contribution in [0.25, 0.3) is 0 Å². The van der Waals surface area contributed by atoms with Crippen LogP contribution in [0.1, 0.15) is 27.9 Å². The summed E-state index contributed by atoms with van der Waals surface area (Å²) in [4.78, 5) is 0. The number of hydrogen-bond acceptors (Lipinski definition) is 3. The Kier molecular flexibility index (Phi) is 3.60. The quantitative estimate of drug-likeness (QED) is 0.828. The van der Waals surface area contributed by atoms with Crippen molar-refractivity contribution < 1.29 is 4.74 Å². The summed E-state index contributed by atoms with van der Waals surface area (Å²) in [5.74, 6) is 0.581. The van der Waals surface area contributed by atoms with Gasteiger partial charge in [0, 0.05) is 6.07 Å². The van der Waals surface area contributed by atoms with Gasteiger partial charge < -0.3 is 4.74 Å². The molecule has 0 amide bonds. The Labute approximate surface area is 108 Å². The Balaban J connectivity index is 2.08. The van der Waals surface area contributed by atoms with Crippen LogP contribution in [0.4, 0.5) is 0 Å². The van der Waals surface area contributed by atoms with Crippen LogP contribution in [0.2, 0.25) is 0 Å². The second kappa shape index (κ2) is 5.17. The van der Waals surface area contributed by atoms with Gasteiger partial charge in [-0.1, -0.05) is 29.3 Å². The van der Waals surface area contributed by atoms with Gasteiger partial charge in [-0.25, -0.2) is 0 Å². The molecule has 1 aromatic carbocycles. The first kappa shape index (κ1) is 12.6. The molecule has 0 spiro atoms. The maximum Gasteiger partial charge on any atom is 0.233 e. The second-order valence-corrected chi connectivity index (χ2v) is 4.74. The minimum absolute atomic E-state index is 0.527. The minimum Gasteiger partial charge on any atom is -0.472 e. The van der Waals surface area contributed by atoms with Gasteiger partial charge in [0.1, 0.15) is 6.61 Å². The van der Waals surface area contributed by atoms with Crippen LogP contribution in [-0.2, 0) is 6.61 Å². The molecule has 0 radical (unpaired) electrons. The van der Waals surface area contributed by atoms with Crippen molar-refractivity contribution in [2.45, 2.75) is 34.3 Å². The summed E-state index contributed by atoms with van der Waals surface area (Å²) in [6.07, 6.45) is 0. The molecular weight excluding hydrogens is 224 g/mol. The maximum atomic E-state index is 5.66. The van der Waals surface area contributed by atoms with Gasteiger partial charge in [0.05, 0.1) is 5.69 Å². The van der Waals surface area contributed by atoms with Crippen LogP contribution in [-0.4, -0.2) is 10.2 Å². The Bertz CT molecular complexity index is 544. The van der Waals surface area contributed by atoms with Gasteiger partial charge in [0.25, 0.3) is 0 Å². The smallest absolute Gasteiger partial charge is 0.233 e. The van der Waals surface area contributed by atoms with E-state index < -0.39 is 0 Å². The molecule has 0 bridgehead atoms. The molecule has 0 aliphatic heterocycles.